The van der Waals surface area contributed by atoms with Crippen molar-refractivity contribution in [2.45, 2.75) is 39.0 Å². The summed E-state index contributed by atoms with van der Waals surface area (Å²) in [4.78, 5) is 0. The third kappa shape index (κ3) is 3.92. The van der Waals surface area contributed by atoms with Crippen LogP contribution in [0.3, 0.4) is 0 Å². The number of rotatable bonds is 6. The number of benzene rings is 1. The molecule has 4 heteroatoms. The molecule has 0 aliphatic heterocycles. The summed E-state index contributed by atoms with van der Waals surface area (Å²) in [5.74, 6) is 0.349. The van der Waals surface area contributed by atoms with Crippen molar-refractivity contribution in [2.75, 3.05) is 0 Å². The van der Waals surface area contributed by atoms with Crippen molar-refractivity contribution in [1.29, 1.82) is 0 Å². The van der Waals surface area contributed by atoms with E-state index in [4.69, 9.17) is 4.42 Å². The summed E-state index contributed by atoms with van der Waals surface area (Å²) in [5, 5.41) is 13.2. The van der Waals surface area contributed by atoms with Crippen LogP contribution >= 0.6 is 0 Å². The Bertz CT molecular complexity index is 539. The molecular weight excluding hydrogens is 257 g/mol. The highest BCUT2D eigenvalue weighted by Crippen LogP contribution is 2.19. The number of hydrogen-bond donors (Lipinski definition) is 2. The van der Waals surface area contributed by atoms with E-state index < -0.39 is 6.10 Å². The van der Waals surface area contributed by atoms with Crippen molar-refractivity contribution in [1.82, 2.24) is 5.32 Å². The van der Waals surface area contributed by atoms with Crippen LogP contribution in [0.4, 0.5) is 4.39 Å². The van der Waals surface area contributed by atoms with Crippen molar-refractivity contribution in [3.63, 3.8) is 0 Å². The van der Waals surface area contributed by atoms with Crippen LogP contribution in [0.5, 0.6) is 0 Å². The van der Waals surface area contributed by atoms with Crippen LogP contribution in [0.1, 0.15) is 36.3 Å². The Labute approximate surface area is 118 Å². The fourth-order valence-electron chi connectivity index (χ4n) is 2.14. The van der Waals surface area contributed by atoms with E-state index in [-0.39, 0.29) is 11.9 Å². The van der Waals surface area contributed by atoms with Gasteiger partial charge in [0.2, 0.25) is 0 Å². The van der Waals surface area contributed by atoms with Crippen LogP contribution in [-0.4, -0.2) is 11.1 Å². The fourth-order valence-corrected chi connectivity index (χ4v) is 2.14. The monoisotopic (exact) mass is 277 g/mol. The van der Waals surface area contributed by atoms with Crippen LogP contribution in [0.25, 0.3) is 0 Å². The largest absolute Gasteiger partial charge is 0.467 e. The van der Waals surface area contributed by atoms with E-state index in [1.807, 2.05) is 19.9 Å². The third-order valence-electron chi connectivity index (χ3n) is 3.29. The number of aliphatic hydroxyl groups is 1. The summed E-state index contributed by atoms with van der Waals surface area (Å²) >= 11 is 0. The lowest BCUT2D eigenvalue weighted by molar-refractivity contribution is 0.128. The van der Waals surface area contributed by atoms with Crippen LogP contribution in [0.2, 0.25) is 0 Å². The molecule has 0 spiro atoms. The molecule has 2 rings (SSSR count). The summed E-state index contributed by atoms with van der Waals surface area (Å²) in [7, 11) is 0. The molecule has 2 aromatic rings. The lowest BCUT2D eigenvalue weighted by atomic mass is 10.1. The zero-order valence-electron chi connectivity index (χ0n) is 11.8. The Morgan fingerprint density at radius 3 is 2.85 bits per heavy atom. The molecule has 1 heterocycles. The standard InChI is InChI=1S/C16H20FNO2/c1-11-5-6-14(17)13(8-11)10-18-12(2)9-15(19)16-4-3-7-20-16/h3-8,12,15,18-19H,9-10H2,1-2H3/t12-,15-/m0/s1. The average molecular weight is 277 g/mol. The molecule has 0 aliphatic carbocycles. The number of aliphatic hydroxyl groups excluding tert-OH is 1. The zero-order chi connectivity index (χ0) is 14.5. The Morgan fingerprint density at radius 1 is 1.35 bits per heavy atom. The third-order valence-corrected chi connectivity index (χ3v) is 3.29. The maximum absolute atomic E-state index is 13.6. The van der Waals surface area contributed by atoms with Crippen LogP contribution in [0.15, 0.2) is 41.0 Å². The summed E-state index contributed by atoms with van der Waals surface area (Å²) < 4.78 is 18.8. The normalized spacial score (nSPS) is 14.2. The molecular formula is C16H20FNO2. The lowest BCUT2D eigenvalue weighted by Gasteiger charge is -2.17. The molecule has 108 valence electrons. The second kappa shape index (κ2) is 6.68. The van der Waals surface area contributed by atoms with Gasteiger partial charge in [0.15, 0.2) is 0 Å². The van der Waals surface area contributed by atoms with Crippen molar-refractivity contribution in [3.8, 4) is 0 Å². The van der Waals surface area contributed by atoms with E-state index in [0.717, 1.165) is 5.56 Å². The van der Waals surface area contributed by atoms with E-state index in [0.29, 0.717) is 24.3 Å². The van der Waals surface area contributed by atoms with Gasteiger partial charge in [-0.3, -0.25) is 0 Å². The first-order chi connectivity index (χ1) is 9.56. The van der Waals surface area contributed by atoms with Crippen LogP contribution in [-0.2, 0) is 6.54 Å². The number of aryl methyl sites for hydroxylation is 1. The highest BCUT2D eigenvalue weighted by molar-refractivity contribution is 5.23. The molecule has 0 saturated heterocycles. The van der Waals surface area contributed by atoms with Gasteiger partial charge in [0.05, 0.1) is 6.26 Å². The van der Waals surface area contributed by atoms with Crippen molar-refractivity contribution < 1.29 is 13.9 Å². The summed E-state index contributed by atoms with van der Waals surface area (Å²) in [6, 6.07) is 8.61. The number of hydrogen-bond acceptors (Lipinski definition) is 3. The van der Waals surface area contributed by atoms with Crippen LogP contribution < -0.4 is 5.32 Å². The summed E-state index contributed by atoms with van der Waals surface area (Å²) in [5.41, 5.74) is 1.68. The zero-order valence-corrected chi connectivity index (χ0v) is 11.8. The van der Waals surface area contributed by atoms with Crippen LogP contribution in [0, 0.1) is 12.7 Å². The maximum Gasteiger partial charge on any atom is 0.132 e. The average Bonchev–Trinajstić information content (AvgIpc) is 2.94. The molecule has 0 aliphatic rings. The molecule has 20 heavy (non-hydrogen) atoms. The predicted molar refractivity (Wildman–Crippen MR) is 75.7 cm³/mol. The van der Waals surface area contributed by atoms with E-state index in [1.54, 1.807) is 24.5 Å². The van der Waals surface area contributed by atoms with Crippen molar-refractivity contribution in [2.24, 2.45) is 0 Å². The fraction of sp³-hybridized carbons (Fsp3) is 0.375. The number of nitrogens with one attached hydrogen (secondary N) is 1. The minimum atomic E-state index is -0.644. The maximum atomic E-state index is 13.6. The minimum Gasteiger partial charge on any atom is -0.467 e. The smallest absolute Gasteiger partial charge is 0.132 e. The predicted octanol–water partition coefficient (Wildman–Crippen LogP) is 3.33. The van der Waals surface area contributed by atoms with Gasteiger partial charge in [-0.2, -0.15) is 0 Å². The molecule has 0 amide bonds. The number of furan rings is 1. The Balaban J connectivity index is 1.86. The molecule has 0 radical (unpaired) electrons. The number of halogens is 1. The molecule has 2 atom stereocenters. The highest BCUT2D eigenvalue weighted by atomic mass is 19.1. The molecule has 1 aromatic heterocycles. The van der Waals surface area contributed by atoms with Gasteiger partial charge in [0.1, 0.15) is 17.7 Å². The first kappa shape index (κ1) is 14.8. The van der Waals surface area contributed by atoms with Gasteiger partial charge in [-0.25, -0.2) is 4.39 Å². The SMILES string of the molecule is Cc1ccc(F)c(CN[C@@H](C)C[C@H](O)c2ccco2)c1. The molecule has 3 nitrogen and oxygen atoms in total. The topological polar surface area (TPSA) is 45.4 Å². The molecule has 1 aromatic carbocycles. The van der Waals surface area contributed by atoms with E-state index in [1.165, 1.54) is 6.07 Å². The Hall–Kier alpha value is -1.65. The summed E-state index contributed by atoms with van der Waals surface area (Å²) in [6.07, 6.45) is 1.41. The lowest BCUT2D eigenvalue weighted by Crippen LogP contribution is -2.27. The van der Waals surface area contributed by atoms with Gasteiger partial charge in [0, 0.05) is 18.2 Å². The quantitative estimate of drug-likeness (QED) is 0.851. The highest BCUT2D eigenvalue weighted by Gasteiger charge is 2.14. The first-order valence-electron chi connectivity index (χ1n) is 6.76. The van der Waals surface area contributed by atoms with Gasteiger partial charge >= 0.3 is 0 Å². The molecule has 2 N–H and O–H groups in total. The first-order valence-corrected chi connectivity index (χ1v) is 6.76. The minimum absolute atomic E-state index is 0.0509. The van der Waals surface area contributed by atoms with Gasteiger partial charge in [0.25, 0.3) is 0 Å². The molecule has 0 bridgehead atoms. The van der Waals surface area contributed by atoms with Gasteiger partial charge in [-0.05, 0) is 38.5 Å². The van der Waals surface area contributed by atoms with E-state index in [9.17, 15) is 9.50 Å². The molecule has 0 saturated carbocycles. The van der Waals surface area contributed by atoms with Crippen molar-refractivity contribution in [3.05, 3.63) is 59.3 Å². The second-order valence-corrected chi connectivity index (χ2v) is 5.14. The van der Waals surface area contributed by atoms with Gasteiger partial charge < -0.3 is 14.8 Å². The Morgan fingerprint density at radius 2 is 2.15 bits per heavy atom. The second-order valence-electron chi connectivity index (χ2n) is 5.14. The van der Waals surface area contributed by atoms with Gasteiger partial charge in [-0.15, -0.1) is 0 Å². The van der Waals surface area contributed by atoms with E-state index >= 15 is 0 Å². The molecule has 0 unspecified atom stereocenters. The van der Waals surface area contributed by atoms with E-state index in [2.05, 4.69) is 5.32 Å². The summed E-state index contributed by atoms with van der Waals surface area (Å²) in [6.45, 7) is 4.34. The molecule has 0 fully saturated rings. The van der Waals surface area contributed by atoms with Gasteiger partial charge in [-0.1, -0.05) is 17.7 Å². The van der Waals surface area contributed by atoms with Crippen molar-refractivity contribution >= 4 is 0 Å². The Kier molecular flexibility index (Phi) is 4.93.